The van der Waals surface area contributed by atoms with E-state index in [1.807, 2.05) is 18.5 Å². The second-order valence-corrected chi connectivity index (χ2v) is 6.09. The van der Waals surface area contributed by atoms with Crippen LogP contribution in [0.25, 0.3) is 0 Å². The third-order valence-electron chi connectivity index (χ3n) is 3.43. The van der Waals surface area contributed by atoms with Crippen molar-refractivity contribution in [3.05, 3.63) is 51.7 Å². The number of fused-ring (bicyclic) bond motifs is 1. The average molecular weight is 313 g/mol. The van der Waals surface area contributed by atoms with Crippen molar-refractivity contribution in [3.8, 4) is 5.75 Å². The molecule has 21 heavy (non-hydrogen) atoms. The van der Waals surface area contributed by atoms with Crippen molar-refractivity contribution in [2.45, 2.75) is 18.8 Å². The van der Waals surface area contributed by atoms with Gasteiger partial charge in [-0.15, -0.1) is 11.3 Å². The van der Waals surface area contributed by atoms with Gasteiger partial charge in [-0.1, -0.05) is 6.07 Å². The second kappa shape index (κ2) is 5.35. The fraction of sp³-hybridized carbons (Fsp3) is 0.333. The van der Waals surface area contributed by atoms with Gasteiger partial charge in [-0.05, 0) is 42.3 Å². The molecule has 2 heterocycles. The first-order chi connectivity index (χ1) is 9.93. The minimum atomic E-state index is -4.35. The second-order valence-electron chi connectivity index (χ2n) is 5.14. The highest BCUT2D eigenvalue weighted by Gasteiger charge is 2.31. The van der Waals surface area contributed by atoms with E-state index in [0.29, 0.717) is 6.54 Å². The van der Waals surface area contributed by atoms with E-state index in [4.69, 9.17) is 4.74 Å². The SMILES string of the molecule is CN1Cc2ccsc2C(Oc2cccc(C(F)(F)F)c2)C1. The van der Waals surface area contributed by atoms with Gasteiger partial charge in [-0.3, -0.25) is 4.90 Å². The van der Waals surface area contributed by atoms with Gasteiger partial charge in [-0.25, -0.2) is 0 Å². The van der Waals surface area contributed by atoms with E-state index >= 15 is 0 Å². The maximum absolute atomic E-state index is 12.7. The predicted octanol–water partition coefficient (Wildman–Crippen LogP) is 4.33. The molecule has 0 aliphatic carbocycles. The summed E-state index contributed by atoms with van der Waals surface area (Å²) < 4.78 is 44.0. The number of nitrogens with zero attached hydrogens (tertiary/aromatic N) is 1. The molecule has 6 heteroatoms. The molecule has 0 saturated carbocycles. The first-order valence-corrected chi connectivity index (χ1v) is 7.40. The number of benzene rings is 1. The van der Waals surface area contributed by atoms with E-state index in [9.17, 15) is 13.2 Å². The van der Waals surface area contributed by atoms with Crippen LogP contribution in [0.3, 0.4) is 0 Å². The zero-order chi connectivity index (χ0) is 15.0. The van der Waals surface area contributed by atoms with Gasteiger partial charge >= 0.3 is 6.18 Å². The predicted molar refractivity (Wildman–Crippen MR) is 75.5 cm³/mol. The summed E-state index contributed by atoms with van der Waals surface area (Å²) in [6, 6.07) is 7.09. The summed E-state index contributed by atoms with van der Waals surface area (Å²) in [6.07, 6.45) is -4.57. The zero-order valence-corrected chi connectivity index (χ0v) is 12.2. The van der Waals surface area contributed by atoms with Gasteiger partial charge in [0.15, 0.2) is 0 Å². The average Bonchev–Trinajstić information content (AvgIpc) is 2.86. The number of hydrogen-bond donors (Lipinski definition) is 0. The Hall–Kier alpha value is -1.53. The van der Waals surface area contributed by atoms with E-state index < -0.39 is 11.7 Å². The van der Waals surface area contributed by atoms with Crippen molar-refractivity contribution in [1.82, 2.24) is 4.90 Å². The third kappa shape index (κ3) is 3.06. The molecule has 1 unspecified atom stereocenters. The Morgan fingerprint density at radius 2 is 2.10 bits per heavy atom. The van der Waals surface area contributed by atoms with Crippen molar-refractivity contribution in [2.75, 3.05) is 13.6 Å². The molecule has 1 aliphatic rings. The van der Waals surface area contributed by atoms with E-state index in [2.05, 4.69) is 4.90 Å². The summed E-state index contributed by atoms with van der Waals surface area (Å²) >= 11 is 1.59. The largest absolute Gasteiger partial charge is 0.484 e. The van der Waals surface area contributed by atoms with Gasteiger partial charge < -0.3 is 4.74 Å². The van der Waals surface area contributed by atoms with Crippen LogP contribution in [0, 0.1) is 0 Å². The van der Waals surface area contributed by atoms with Crippen LogP contribution in [0.15, 0.2) is 35.7 Å². The molecule has 1 atom stereocenters. The van der Waals surface area contributed by atoms with Crippen molar-refractivity contribution >= 4 is 11.3 Å². The summed E-state index contributed by atoms with van der Waals surface area (Å²) in [5.41, 5.74) is 0.501. The first-order valence-electron chi connectivity index (χ1n) is 6.52. The maximum atomic E-state index is 12.7. The fourth-order valence-corrected chi connectivity index (χ4v) is 3.42. The molecule has 0 spiro atoms. The van der Waals surface area contributed by atoms with Crippen LogP contribution >= 0.6 is 11.3 Å². The summed E-state index contributed by atoms with van der Waals surface area (Å²) in [4.78, 5) is 3.21. The van der Waals surface area contributed by atoms with Gasteiger partial charge in [0.2, 0.25) is 0 Å². The molecule has 2 aromatic rings. The molecule has 1 aromatic heterocycles. The molecule has 2 nitrogen and oxygen atoms in total. The monoisotopic (exact) mass is 313 g/mol. The Labute approximate surface area is 124 Å². The van der Waals surface area contributed by atoms with Gasteiger partial charge in [0, 0.05) is 13.1 Å². The Kier molecular flexibility index (Phi) is 3.67. The molecule has 0 N–H and O–H groups in total. The summed E-state index contributed by atoms with van der Waals surface area (Å²) in [7, 11) is 1.98. The molecule has 0 bridgehead atoms. The topological polar surface area (TPSA) is 12.5 Å². The first kappa shape index (κ1) is 14.4. The lowest BCUT2D eigenvalue weighted by molar-refractivity contribution is -0.137. The van der Waals surface area contributed by atoms with E-state index in [0.717, 1.165) is 23.6 Å². The molecule has 0 fully saturated rings. The Morgan fingerprint density at radius 3 is 2.86 bits per heavy atom. The normalized spacial score (nSPS) is 19.3. The van der Waals surface area contributed by atoms with Crippen LogP contribution in [0.4, 0.5) is 13.2 Å². The van der Waals surface area contributed by atoms with Crippen molar-refractivity contribution < 1.29 is 17.9 Å². The lowest BCUT2D eigenvalue weighted by Gasteiger charge is -2.30. The number of rotatable bonds is 2. The van der Waals surface area contributed by atoms with Crippen molar-refractivity contribution in [3.63, 3.8) is 0 Å². The van der Waals surface area contributed by atoms with Gasteiger partial charge in [-0.2, -0.15) is 13.2 Å². The zero-order valence-electron chi connectivity index (χ0n) is 11.4. The third-order valence-corrected chi connectivity index (χ3v) is 4.48. The van der Waals surface area contributed by atoms with Crippen molar-refractivity contribution in [1.29, 1.82) is 0 Å². The van der Waals surface area contributed by atoms with Gasteiger partial charge in [0.05, 0.1) is 10.4 Å². The lowest BCUT2D eigenvalue weighted by Crippen LogP contribution is -2.31. The molecule has 0 amide bonds. The van der Waals surface area contributed by atoms with Crippen LogP contribution in [-0.2, 0) is 12.7 Å². The minimum absolute atomic E-state index is 0.220. The van der Waals surface area contributed by atoms with E-state index in [1.54, 1.807) is 17.4 Å². The summed E-state index contributed by atoms with van der Waals surface area (Å²) in [5, 5.41) is 1.99. The van der Waals surface area contributed by atoms with Gasteiger partial charge in [0.25, 0.3) is 0 Å². The highest BCUT2D eigenvalue weighted by Crippen LogP contribution is 2.36. The molecule has 1 aliphatic heterocycles. The maximum Gasteiger partial charge on any atom is 0.416 e. The van der Waals surface area contributed by atoms with Crippen LogP contribution < -0.4 is 4.74 Å². The fourth-order valence-electron chi connectivity index (χ4n) is 2.48. The van der Waals surface area contributed by atoms with Crippen molar-refractivity contribution in [2.24, 2.45) is 0 Å². The van der Waals surface area contributed by atoms with Crippen LogP contribution in [-0.4, -0.2) is 18.5 Å². The van der Waals surface area contributed by atoms with Crippen LogP contribution in [0.1, 0.15) is 22.1 Å². The molecule has 0 saturated heterocycles. The van der Waals surface area contributed by atoms with E-state index in [-0.39, 0.29) is 11.9 Å². The molecule has 1 aromatic carbocycles. The molecule has 0 radical (unpaired) electrons. The van der Waals surface area contributed by atoms with Crippen LogP contribution in [0.2, 0.25) is 0 Å². The highest BCUT2D eigenvalue weighted by molar-refractivity contribution is 7.10. The highest BCUT2D eigenvalue weighted by atomic mass is 32.1. The van der Waals surface area contributed by atoms with E-state index in [1.165, 1.54) is 11.6 Å². The standard InChI is InChI=1S/C15H14F3NOS/c1-19-8-10-5-6-21-14(10)13(9-19)20-12-4-2-3-11(7-12)15(16,17)18/h2-7,13H,8-9H2,1H3. The lowest BCUT2D eigenvalue weighted by atomic mass is 10.1. The number of ether oxygens (including phenoxy) is 1. The number of thiophene rings is 1. The number of alkyl halides is 3. The molecular weight excluding hydrogens is 299 g/mol. The Bertz CT molecular complexity index is 638. The quantitative estimate of drug-likeness (QED) is 0.818. The minimum Gasteiger partial charge on any atom is -0.484 e. The smallest absolute Gasteiger partial charge is 0.416 e. The summed E-state index contributed by atoms with van der Waals surface area (Å²) in [6.45, 7) is 1.52. The van der Waals surface area contributed by atoms with Crippen LogP contribution in [0.5, 0.6) is 5.75 Å². The summed E-state index contributed by atoms with van der Waals surface area (Å²) in [5.74, 6) is 0.254. The number of hydrogen-bond acceptors (Lipinski definition) is 3. The Morgan fingerprint density at radius 1 is 1.29 bits per heavy atom. The number of likely N-dealkylation sites (N-methyl/N-ethyl adjacent to an activating group) is 1. The van der Waals surface area contributed by atoms with Gasteiger partial charge in [0.1, 0.15) is 11.9 Å². The molecule has 3 rings (SSSR count). The molecular formula is C15H14F3NOS. The number of halogens is 3. The Balaban J connectivity index is 1.85. The molecule has 112 valence electrons.